The molecule has 4 nitrogen and oxygen atoms in total. The van der Waals surface area contributed by atoms with Gasteiger partial charge in [-0.05, 0) is 24.8 Å². The van der Waals surface area contributed by atoms with E-state index in [4.69, 9.17) is 9.47 Å². The van der Waals surface area contributed by atoms with Crippen LogP contribution in [0.5, 0.6) is 5.75 Å². The van der Waals surface area contributed by atoms with Crippen LogP contribution in [0.1, 0.15) is 49.2 Å². The smallest absolute Gasteiger partial charge is 0.379 e. The molecule has 1 aromatic rings. The molecule has 0 bridgehead atoms. The Morgan fingerprint density at radius 1 is 1.20 bits per heavy atom. The molecule has 4 heteroatoms. The number of ketones is 1. The van der Waals surface area contributed by atoms with Gasteiger partial charge in [0.2, 0.25) is 0 Å². The second-order valence-electron chi connectivity index (χ2n) is 5.64. The fourth-order valence-electron chi connectivity index (χ4n) is 2.06. The molecule has 0 heterocycles. The van der Waals surface area contributed by atoms with Gasteiger partial charge in [0.15, 0.2) is 0 Å². The molecule has 0 aromatic heterocycles. The van der Waals surface area contributed by atoms with E-state index in [0.29, 0.717) is 16.9 Å². The number of rotatable bonds is 4. The number of Topliss-reactive ketones (excluding diaryl/α,β-unsaturated/α-hetero) is 1. The predicted octanol–water partition coefficient (Wildman–Crippen LogP) is 3.05. The normalized spacial score (nSPS) is 11.1. The van der Waals surface area contributed by atoms with Gasteiger partial charge in [-0.25, -0.2) is 4.79 Å². The maximum atomic E-state index is 12.3. The summed E-state index contributed by atoms with van der Waals surface area (Å²) in [6.07, 6.45) is 0. The molecule has 0 saturated heterocycles. The van der Waals surface area contributed by atoms with Crippen LogP contribution in [0.4, 0.5) is 0 Å². The van der Waals surface area contributed by atoms with E-state index in [1.807, 2.05) is 32.9 Å². The third-order valence-electron chi connectivity index (χ3n) is 3.07. The number of aryl methyl sites for hydroxylation is 1. The summed E-state index contributed by atoms with van der Waals surface area (Å²) in [7, 11) is 1.51. The molecule has 0 aliphatic heterocycles. The lowest BCUT2D eigenvalue weighted by atomic mass is 9.83. The predicted molar refractivity (Wildman–Crippen MR) is 77.4 cm³/mol. The second kappa shape index (κ2) is 6.07. The van der Waals surface area contributed by atoms with Gasteiger partial charge in [0.25, 0.3) is 5.78 Å². The molecule has 0 aliphatic rings. The van der Waals surface area contributed by atoms with Crippen LogP contribution in [0.2, 0.25) is 0 Å². The van der Waals surface area contributed by atoms with E-state index in [1.54, 1.807) is 13.8 Å². The number of esters is 1. The van der Waals surface area contributed by atoms with Crippen molar-refractivity contribution in [1.82, 2.24) is 0 Å². The Bertz CT molecular complexity index is 524. The SMILES string of the molecule is CCOC(=O)C(=O)c1c(C)ccc(C(C)(C)C)c1OC. The zero-order valence-electron chi connectivity index (χ0n) is 13.0. The summed E-state index contributed by atoms with van der Waals surface area (Å²) in [4.78, 5) is 24.0. The summed E-state index contributed by atoms with van der Waals surface area (Å²) in [6.45, 7) is 9.70. The van der Waals surface area contributed by atoms with Gasteiger partial charge in [-0.3, -0.25) is 4.79 Å². The largest absolute Gasteiger partial charge is 0.496 e. The topological polar surface area (TPSA) is 52.6 Å². The van der Waals surface area contributed by atoms with Crippen LogP contribution in [0.15, 0.2) is 12.1 Å². The minimum absolute atomic E-state index is 0.172. The van der Waals surface area contributed by atoms with Crippen molar-refractivity contribution in [3.63, 3.8) is 0 Å². The van der Waals surface area contributed by atoms with Crippen LogP contribution in [0.3, 0.4) is 0 Å². The first-order valence-corrected chi connectivity index (χ1v) is 6.63. The molecule has 110 valence electrons. The van der Waals surface area contributed by atoms with Crippen molar-refractivity contribution < 1.29 is 19.1 Å². The number of methoxy groups -OCH3 is 1. The van der Waals surface area contributed by atoms with Crippen molar-refractivity contribution in [2.24, 2.45) is 0 Å². The zero-order chi connectivity index (χ0) is 15.5. The minimum atomic E-state index is -0.847. The average molecular weight is 278 g/mol. The Hall–Kier alpha value is -1.84. The fraction of sp³-hybridized carbons (Fsp3) is 0.500. The van der Waals surface area contributed by atoms with Crippen molar-refractivity contribution in [2.75, 3.05) is 13.7 Å². The quantitative estimate of drug-likeness (QED) is 0.482. The van der Waals surface area contributed by atoms with Gasteiger partial charge in [0, 0.05) is 5.56 Å². The third-order valence-corrected chi connectivity index (χ3v) is 3.07. The Balaban J connectivity index is 3.46. The van der Waals surface area contributed by atoms with Gasteiger partial charge >= 0.3 is 5.97 Å². The van der Waals surface area contributed by atoms with Gasteiger partial charge in [-0.1, -0.05) is 32.9 Å². The van der Waals surface area contributed by atoms with Gasteiger partial charge < -0.3 is 9.47 Å². The first-order valence-electron chi connectivity index (χ1n) is 6.63. The summed E-state index contributed by atoms with van der Waals surface area (Å²) in [5.41, 5.74) is 1.69. The van der Waals surface area contributed by atoms with Gasteiger partial charge in [-0.2, -0.15) is 0 Å². The molecule has 20 heavy (non-hydrogen) atoms. The van der Waals surface area contributed by atoms with Gasteiger partial charge in [-0.15, -0.1) is 0 Å². The van der Waals surface area contributed by atoms with Crippen LogP contribution >= 0.6 is 0 Å². The molecule has 1 rings (SSSR count). The summed E-state index contributed by atoms with van der Waals surface area (Å²) in [6, 6.07) is 3.76. The average Bonchev–Trinajstić information content (AvgIpc) is 2.36. The first kappa shape index (κ1) is 16.2. The van der Waals surface area contributed by atoms with Gasteiger partial charge in [0.1, 0.15) is 5.75 Å². The minimum Gasteiger partial charge on any atom is -0.496 e. The summed E-state index contributed by atoms with van der Waals surface area (Å²) in [5, 5.41) is 0. The fourth-order valence-corrected chi connectivity index (χ4v) is 2.06. The standard InChI is InChI=1S/C16H22O4/c1-7-20-15(18)13(17)12-10(2)8-9-11(14(12)19-6)16(3,4)5/h8-9H,7H2,1-6H3. The highest BCUT2D eigenvalue weighted by atomic mass is 16.5. The number of hydrogen-bond donors (Lipinski definition) is 0. The lowest BCUT2D eigenvalue weighted by Crippen LogP contribution is -2.22. The van der Waals surface area contributed by atoms with E-state index >= 15 is 0 Å². The van der Waals surface area contributed by atoms with Crippen LogP contribution in [0.25, 0.3) is 0 Å². The third kappa shape index (κ3) is 3.18. The van der Waals surface area contributed by atoms with Crippen LogP contribution in [0, 0.1) is 6.92 Å². The molecule has 0 spiro atoms. The molecule has 0 saturated carbocycles. The Morgan fingerprint density at radius 3 is 2.25 bits per heavy atom. The Kier molecular flexibility index (Phi) is 4.93. The Morgan fingerprint density at radius 2 is 1.80 bits per heavy atom. The maximum Gasteiger partial charge on any atom is 0.379 e. The van der Waals surface area contributed by atoms with E-state index in [9.17, 15) is 9.59 Å². The highest BCUT2D eigenvalue weighted by Gasteiger charge is 2.29. The van der Waals surface area contributed by atoms with Crippen molar-refractivity contribution in [1.29, 1.82) is 0 Å². The monoisotopic (exact) mass is 278 g/mol. The molecule has 0 radical (unpaired) electrons. The molecular formula is C16H22O4. The number of carbonyl (C=O) groups is 2. The first-order chi connectivity index (χ1) is 9.23. The van der Waals surface area contributed by atoms with E-state index in [1.165, 1.54) is 7.11 Å². The molecule has 0 unspecified atom stereocenters. The Labute approximate surface area is 120 Å². The molecule has 0 amide bonds. The lowest BCUT2D eigenvalue weighted by Gasteiger charge is -2.24. The number of carbonyl (C=O) groups excluding carboxylic acids is 2. The van der Waals surface area contributed by atoms with E-state index in [0.717, 1.165) is 5.56 Å². The van der Waals surface area contributed by atoms with Crippen LogP contribution in [-0.2, 0) is 14.9 Å². The van der Waals surface area contributed by atoms with E-state index in [-0.39, 0.29) is 12.0 Å². The van der Waals surface area contributed by atoms with Crippen LogP contribution < -0.4 is 4.74 Å². The van der Waals surface area contributed by atoms with Crippen molar-refractivity contribution >= 4 is 11.8 Å². The van der Waals surface area contributed by atoms with E-state index < -0.39 is 11.8 Å². The van der Waals surface area contributed by atoms with Gasteiger partial charge in [0.05, 0.1) is 19.3 Å². The number of ether oxygens (including phenoxy) is 2. The van der Waals surface area contributed by atoms with Crippen LogP contribution in [-0.4, -0.2) is 25.5 Å². The molecule has 0 N–H and O–H groups in total. The highest BCUT2D eigenvalue weighted by molar-refractivity contribution is 6.41. The van der Waals surface area contributed by atoms with Crippen molar-refractivity contribution in [3.05, 3.63) is 28.8 Å². The van der Waals surface area contributed by atoms with Crippen molar-refractivity contribution in [3.8, 4) is 5.75 Å². The summed E-state index contributed by atoms with van der Waals surface area (Å²) in [5.74, 6) is -1.05. The maximum absolute atomic E-state index is 12.3. The molecule has 1 aromatic carbocycles. The lowest BCUT2D eigenvalue weighted by molar-refractivity contribution is -0.137. The summed E-state index contributed by atoms with van der Waals surface area (Å²) >= 11 is 0. The molecule has 0 atom stereocenters. The zero-order valence-corrected chi connectivity index (χ0v) is 13.0. The molecule has 0 aliphatic carbocycles. The van der Waals surface area contributed by atoms with E-state index in [2.05, 4.69) is 0 Å². The number of benzene rings is 1. The van der Waals surface area contributed by atoms with Crippen molar-refractivity contribution in [2.45, 2.75) is 40.0 Å². The molecule has 0 fully saturated rings. The number of hydrogen-bond acceptors (Lipinski definition) is 4. The highest BCUT2D eigenvalue weighted by Crippen LogP contribution is 2.36. The molecular weight excluding hydrogens is 256 g/mol. The second-order valence-corrected chi connectivity index (χ2v) is 5.64. The summed E-state index contributed by atoms with van der Waals surface area (Å²) < 4.78 is 10.2.